The summed E-state index contributed by atoms with van der Waals surface area (Å²) < 4.78 is 0. The number of carbonyl (C=O) groups is 1. The molecule has 0 unspecified atom stereocenters. The van der Waals surface area contributed by atoms with Crippen molar-refractivity contribution < 1.29 is 4.79 Å². The fourth-order valence-corrected chi connectivity index (χ4v) is 2.26. The highest BCUT2D eigenvalue weighted by molar-refractivity contribution is 6.35. The van der Waals surface area contributed by atoms with Gasteiger partial charge in [-0.25, -0.2) is 0 Å². The lowest BCUT2D eigenvalue weighted by Gasteiger charge is -2.31. The molecule has 0 atom stereocenters. The van der Waals surface area contributed by atoms with Crippen LogP contribution in [0.3, 0.4) is 0 Å². The number of anilines is 1. The number of rotatable bonds is 7. The summed E-state index contributed by atoms with van der Waals surface area (Å²) >= 11 is 6.36. The van der Waals surface area contributed by atoms with Crippen molar-refractivity contribution in [1.29, 1.82) is 0 Å². The second-order valence-electron chi connectivity index (χ2n) is 5.51. The molecular formula is C17H25ClN2O. The smallest absolute Gasteiger partial charge is 0.255 e. The minimum absolute atomic E-state index is 0.0634. The molecule has 0 saturated heterocycles. The van der Waals surface area contributed by atoms with Gasteiger partial charge in [0.05, 0.1) is 10.6 Å². The van der Waals surface area contributed by atoms with Crippen LogP contribution >= 0.6 is 11.6 Å². The summed E-state index contributed by atoms with van der Waals surface area (Å²) in [5.41, 5.74) is 2.11. The van der Waals surface area contributed by atoms with E-state index in [0.29, 0.717) is 17.1 Å². The number of carbonyl (C=O) groups excluding carboxylic acids is 1. The van der Waals surface area contributed by atoms with Crippen molar-refractivity contribution in [2.45, 2.75) is 46.1 Å². The third-order valence-electron chi connectivity index (χ3n) is 3.97. The molecule has 0 spiro atoms. The van der Waals surface area contributed by atoms with Crippen LogP contribution in [0.5, 0.6) is 0 Å². The van der Waals surface area contributed by atoms with Crippen molar-refractivity contribution in [2.75, 3.05) is 11.9 Å². The first-order valence-corrected chi connectivity index (χ1v) is 7.72. The summed E-state index contributed by atoms with van der Waals surface area (Å²) in [5, 5.41) is 6.77. The largest absolute Gasteiger partial charge is 0.379 e. The molecule has 1 aromatic rings. The van der Waals surface area contributed by atoms with Crippen molar-refractivity contribution in [1.82, 2.24) is 5.32 Å². The van der Waals surface area contributed by atoms with Crippen LogP contribution in [-0.2, 0) is 0 Å². The maximum absolute atomic E-state index is 12.4. The number of benzene rings is 1. The minimum Gasteiger partial charge on any atom is -0.379 e. The molecule has 0 fully saturated rings. The molecule has 1 amide bonds. The molecule has 0 radical (unpaired) electrons. The van der Waals surface area contributed by atoms with Crippen LogP contribution in [0.1, 0.15) is 49.5 Å². The van der Waals surface area contributed by atoms with Gasteiger partial charge in [-0.2, -0.15) is 0 Å². The van der Waals surface area contributed by atoms with Gasteiger partial charge in [0, 0.05) is 17.8 Å². The summed E-state index contributed by atoms with van der Waals surface area (Å²) in [6.07, 6.45) is 3.57. The summed E-state index contributed by atoms with van der Waals surface area (Å²) in [7, 11) is 0. The Morgan fingerprint density at radius 3 is 2.52 bits per heavy atom. The number of halogens is 1. The molecule has 0 saturated carbocycles. The van der Waals surface area contributed by atoms with E-state index >= 15 is 0 Å². The van der Waals surface area contributed by atoms with Crippen molar-refractivity contribution >= 4 is 23.2 Å². The number of hydrogen-bond donors (Lipinski definition) is 2. The molecule has 4 heteroatoms. The molecule has 0 bridgehead atoms. The highest BCUT2D eigenvalue weighted by atomic mass is 35.5. The number of hydrogen-bond acceptors (Lipinski definition) is 2. The average Bonchev–Trinajstić information content (AvgIpc) is 2.48. The Balaban J connectivity index is 3.23. The lowest BCUT2D eigenvalue weighted by Crippen LogP contribution is -2.34. The van der Waals surface area contributed by atoms with E-state index in [2.05, 4.69) is 38.0 Å². The monoisotopic (exact) mass is 308 g/mol. The van der Waals surface area contributed by atoms with Crippen LogP contribution in [0.15, 0.2) is 24.8 Å². The second-order valence-corrected chi connectivity index (χ2v) is 5.89. The zero-order chi connectivity index (χ0) is 16.0. The lowest BCUT2D eigenvalue weighted by molar-refractivity contribution is 0.0959. The zero-order valence-corrected chi connectivity index (χ0v) is 14.1. The summed E-state index contributed by atoms with van der Waals surface area (Å²) in [5.74, 6) is -0.180. The fraction of sp³-hybridized carbons (Fsp3) is 0.471. The van der Waals surface area contributed by atoms with E-state index < -0.39 is 0 Å². The number of nitrogens with one attached hydrogen (secondary N) is 2. The predicted octanol–water partition coefficient (Wildman–Crippen LogP) is 4.55. The Hall–Kier alpha value is -1.48. The standard InChI is InChI=1S/C17H25ClN2O/c1-6-11-19-16(21)14-13(10-9-12(4)15(14)18)20-17(5,7-2)8-3/h6,9-10,20H,1,7-8,11H2,2-5H3,(H,19,21). The van der Waals surface area contributed by atoms with Crippen molar-refractivity contribution in [3.63, 3.8) is 0 Å². The molecule has 0 aliphatic carbocycles. The molecular weight excluding hydrogens is 284 g/mol. The van der Waals surface area contributed by atoms with Gasteiger partial charge in [0.1, 0.15) is 0 Å². The summed E-state index contributed by atoms with van der Waals surface area (Å²) in [4.78, 5) is 12.4. The third-order valence-corrected chi connectivity index (χ3v) is 4.45. The van der Waals surface area contributed by atoms with Gasteiger partial charge in [-0.15, -0.1) is 6.58 Å². The molecule has 0 aliphatic rings. The van der Waals surface area contributed by atoms with Crippen LogP contribution in [0.2, 0.25) is 5.02 Å². The van der Waals surface area contributed by atoms with Crippen LogP contribution in [0.25, 0.3) is 0 Å². The topological polar surface area (TPSA) is 41.1 Å². The van der Waals surface area contributed by atoms with Gasteiger partial charge in [0.2, 0.25) is 0 Å². The Bertz CT molecular complexity index is 522. The zero-order valence-electron chi connectivity index (χ0n) is 13.3. The Morgan fingerprint density at radius 1 is 1.38 bits per heavy atom. The maximum atomic E-state index is 12.4. The summed E-state index contributed by atoms with van der Waals surface area (Å²) in [6, 6.07) is 3.86. The van der Waals surface area contributed by atoms with E-state index in [-0.39, 0.29) is 11.4 Å². The van der Waals surface area contributed by atoms with Gasteiger partial charge >= 0.3 is 0 Å². The first-order valence-electron chi connectivity index (χ1n) is 7.35. The first kappa shape index (κ1) is 17.6. The van der Waals surface area contributed by atoms with Gasteiger partial charge in [0.15, 0.2) is 0 Å². The highest BCUT2D eigenvalue weighted by Gasteiger charge is 2.24. The predicted molar refractivity (Wildman–Crippen MR) is 91.3 cm³/mol. The normalized spacial score (nSPS) is 11.1. The van der Waals surface area contributed by atoms with E-state index in [1.54, 1.807) is 6.08 Å². The van der Waals surface area contributed by atoms with Gasteiger partial charge in [-0.1, -0.05) is 37.6 Å². The first-order chi connectivity index (χ1) is 9.88. The van der Waals surface area contributed by atoms with E-state index in [1.165, 1.54) is 0 Å². The van der Waals surface area contributed by atoms with Gasteiger partial charge < -0.3 is 10.6 Å². The molecule has 1 rings (SSSR count). The Morgan fingerprint density at radius 2 is 2.00 bits per heavy atom. The SMILES string of the molecule is C=CCNC(=O)c1c(NC(C)(CC)CC)ccc(C)c1Cl. The molecule has 2 N–H and O–H groups in total. The Kier molecular flexibility index (Phi) is 6.28. The Labute approximate surface area is 132 Å². The number of amides is 1. The minimum atomic E-state index is -0.180. The molecule has 0 heterocycles. The van der Waals surface area contributed by atoms with Crippen LogP contribution in [-0.4, -0.2) is 18.0 Å². The third kappa shape index (κ3) is 4.24. The van der Waals surface area contributed by atoms with Crippen LogP contribution < -0.4 is 10.6 Å². The summed E-state index contributed by atoms with van der Waals surface area (Å²) in [6.45, 7) is 12.3. The highest BCUT2D eigenvalue weighted by Crippen LogP contribution is 2.31. The molecule has 116 valence electrons. The molecule has 3 nitrogen and oxygen atoms in total. The van der Waals surface area contributed by atoms with Crippen molar-refractivity contribution in [3.8, 4) is 0 Å². The van der Waals surface area contributed by atoms with E-state index in [9.17, 15) is 4.79 Å². The molecule has 21 heavy (non-hydrogen) atoms. The number of aryl methyl sites for hydroxylation is 1. The van der Waals surface area contributed by atoms with E-state index in [1.807, 2.05) is 19.1 Å². The van der Waals surface area contributed by atoms with Crippen molar-refractivity contribution in [3.05, 3.63) is 40.9 Å². The van der Waals surface area contributed by atoms with Gasteiger partial charge in [-0.05, 0) is 38.3 Å². The van der Waals surface area contributed by atoms with E-state index in [4.69, 9.17) is 11.6 Å². The fourth-order valence-electron chi connectivity index (χ4n) is 2.01. The molecule has 0 aliphatic heterocycles. The van der Waals surface area contributed by atoms with Crippen LogP contribution in [0, 0.1) is 6.92 Å². The average molecular weight is 309 g/mol. The molecule has 0 aromatic heterocycles. The van der Waals surface area contributed by atoms with E-state index in [0.717, 1.165) is 24.1 Å². The van der Waals surface area contributed by atoms with Gasteiger partial charge in [-0.3, -0.25) is 4.79 Å². The quantitative estimate of drug-likeness (QED) is 0.725. The lowest BCUT2D eigenvalue weighted by atomic mass is 9.94. The van der Waals surface area contributed by atoms with Crippen LogP contribution in [0.4, 0.5) is 5.69 Å². The van der Waals surface area contributed by atoms with Crippen molar-refractivity contribution in [2.24, 2.45) is 0 Å². The molecule has 1 aromatic carbocycles. The second kappa shape index (κ2) is 7.51. The maximum Gasteiger partial charge on any atom is 0.255 e. The van der Waals surface area contributed by atoms with Gasteiger partial charge in [0.25, 0.3) is 5.91 Å².